The molecule has 0 fully saturated rings. The van der Waals surface area contributed by atoms with E-state index in [1.807, 2.05) is 6.92 Å². The minimum atomic E-state index is 0.424. The van der Waals surface area contributed by atoms with Crippen molar-refractivity contribution >= 4 is 6.01 Å². The lowest BCUT2D eigenvalue weighted by molar-refractivity contribution is 0.157. The van der Waals surface area contributed by atoms with Gasteiger partial charge in [0.1, 0.15) is 0 Å². The number of hydrogen-bond acceptors (Lipinski definition) is 6. The van der Waals surface area contributed by atoms with Crippen LogP contribution in [-0.2, 0) is 11.2 Å². The second kappa shape index (κ2) is 6.33. The van der Waals surface area contributed by atoms with Crippen molar-refractivity contribution in [1.29, 1.82) is 0 Å². The predicted molar refractivity (Wildman–Crippen MR) is 52.0 cm³/mol. The Bertz CT molecular complexity index is 251. The summed E-state index contributed by atoms with van der Waals surface area (Å²) in [5.74, 6) is 0.561. The maximum Gasteiger partial charge on any atom is 0.315 e. The van der Waals surface area contributed by atoms with Gasteiger partial charge in [-0.1, -0.05) is 5.10 Å². The number of anilines is 1. The standard InChI is InChI=1S/C8H16N4O2/c1-2-13-6-5-10-8-12-11-7(14-8)3-4-9/h2-6,9H2,1H3,(H,10,12). The molecule has 0 saturated carbocycles. The summed E-state index contributed by atoms with van der Waals surface area (Å²) in [4.78, 5) is 0. The van der Waals surface area contributed by atoms with Crippen LogP contribution in [0.4, 0.5) is 6.01 Å². The van der Waals surface area contributed by atoms with Crippen LogP contribution in [0.5, 0.6) is 0 Å². The molecule has 0 saturated heterocycles. The van der Waals surface area contributed by atoms with E-state index in [4.69, 9.17) is 14.9 Å². The Kier molecular flexibility index (Phi) is 4.95. The molecule has 80 valence electrons. The van der Waals surface area contributed by atoms with Crippen LogP contribution in [0.3, 0.4) is 0 Å². The van der Waals surface area contributed by atoms with Gasteiger partial charge in [0.25, 0.3) is 0 Å². The molecule has 0 aromatic carbocycles. The van der Waals surface area contributed by atoms with Crippen molar-refractivity contribution in [3.8, 4) is 0 Å². The Balaban J connectivity index is 2.22. The lowest BCUT2D eigenvalue weighted by atomic mass is 10.4. The van der Waals surface area contributed by atoms with E-state index in [1.54, 1.807) is 0 Å². The zero-order valence-corrected chi connectivity index (χ0v) is 8.32. The van der Waals surface area contributed by atoms with Gasteiger partial charge < -0.3 is 20.2 Å². The van der Waals surface area contributed by atoms with E-state index in [-0.39, 0.29) is 0 Å². The van der Waals surface area contributed by atoms with Crippen molar-refractivity contribution in [3.63, 3.8) is 0 Å². The average Bonchev–Trinajstić information content (AvgIpc) is 2.61. The van der Waals surface area contributed by atoms with Crippen molar-refractivity contribution in [2.75, 3.05) is 31.6 Å². The van der Waals surface area contributed by atoms with Gasteiger partial charge in [-0.05, 0) is 6.92 Å². The molecule has 3 N–H and O–H groups in total. The van der Waals surface area contributed by atoms with Crippen LogP contribution in [0.15, 0.2) is 4.42 Å². The molecule has 0 aliphatic heterocycles. The molecule has 0 bridgehead atoms. The van der Waals surface area contributed by atoms with Gasteiger partial charge in [-0.25, -0.2) is 0 Å². The predicted octanol–water partition coefficient (Wildman–Crippen LogP) is 0.0192. The van der Waals surface area contributed by atoms with E-state index in [9.17, 15) is 0 Å². The van der Waals surface area contributed by atoms with Crippen LogP contribution in [0.2, 0.25) is 0 Å². The third-order valence-electron chi connectivity index (χ3n) is 1.55. The first-order chi connectivity index (χ1) is 6.86. The highest BCUT2D eigenvalue weighted by Gasteiger charge is 2.03. The zero-order chi connectivity index (χ0) is 10.2. The SMILES string of the molecule is CCOCCNc1nnc(CCN)o1. The summed E-state index contributed by atoms with van der Waals surface area (Å²) in [5, 5.41) is 10.6. The maximum absolute atomic E-state index is 5.34. The number of hydrogen-bond donors (Lipinski definition) is 2. The van der Waals surface area contributed by atoms with Crippen LogP contribution in [0, 0.1) is 0 Å². The summed E-state index contributed by atoms with van der Waals surface area (Å²) in [6.45, 7) is 4.47. The molecule has 0 atom stereocenters. The normalized spacial score (nSPS) is 10.4. The van der Waals surface area contributed by atoms with Gasteiger partial charge in [0.15, 0.2) is 0 Å². The molecule has 0 amide bonds. The number of ether oxygens (including phenoxy) is 1. The minimum Gasteiger partial charge on any atom is -0.408 e. The minimum absolute atomic E-state index is 0.424. The van der Waals surface area contributed by atoms with Crippen molar-refractivity contribution in [1.82, 2.24) is 10.2 Å². The van der Waals surface area contributed by atoms with E-state index < -0.39 is 0 Å². The fourth-order valence-corrected chi connectivity index (χ4v) is 0.924. The van der Waals surface area contributed by atoms with Gasteiger partial charge in [-0.2, -0.15) is 0 Å². The van der Waals surface area contributed by atoms with Crippen LogP contribution >= 0.6 is 0 Å². The Morgan fingerprint density at radius 1 is 1.50 bits per heavy atom. The van der Waals surface area contributed by atoms with E-state index in [1.165, 1.54) is 0 Å². The smallest absolute Gasteiger partial charge is 0.315 e. The van der Waals surface area contributed by atoms with Gasteiger partial charge >= 0.3 is 6.01 Å². The molecule has 0 radical (unpaired) electrons. The van der Waals surface area contributed by atoms with Crippen LogP contribution in [0.25, 0.3) is 0 Å². The highest BCUT2D eigenvalue weighted by Crippen LogP contribution is 2.04. The molecule has 1 rings (SSSR count). The van der Waals surface area contributed by atoms with Gasteiger partial charge in [0, 0.05) is 26.1 Å². The van der Waals surface area contributed by atoms with Crippen LogP contribution < -0.4 is 11.1 Å². The molecule has 1 aromatic rings. The second-order valence-corrected chi connectivity index (χ2v) is 2.66. The molecular weight excluding hydrogens is 184 g/mol. The lowest BCUT2D eigenvalue weighted by Crippen LogP contribution is -2.09. The average molecular weight is 200 g/mol. The summed E-state index contributed by atoms with van der Waals surface area (Å²) < 4.78 is 10.4. The van der Waals surface area contributed by atoms with E-state index >= 15 is 0 Å². The molecule has 0 aliphatic rings. The fraction of sp³-hybridized carbons (Fsp3) is 0.750. The second-order valence-electron chi connectivity index (χ2n) is 2.66. The molecule has 1 heterocycles. The number of aromatic nitrogens is 2. The van der Waals surface area contributed by atoms with E-state index in [0.717, 1.165) is 0 Å². The number of nitrogens with zero attached hydrogens (tertiary/aromatic N) is 2. The summed E-state index contributed by atoms with van der Waals surface area (Å²) in [6.07, 6.45) is 0.611. The Hall–Kier alpha value is -1.14. The molecule has 6 nitrogen and oxygen atoms in total. The summed E-state index contributed by atoms with van der Waals surface area (Å²) in [5.41, 5.74) is 5.34. The van der Waals surface area contributed by atoms with Crippen molar-refractivity contribution in [2.24, 2.45) is 5.73 Å². The van der Waals surface area contributed by atoms with Gasteiger partial charge in [-0.3, -0.25) is 0 Å². The number of rotatable bonds is 7. The first-order valence-corrected chi connectivity index (χ1v) is 4.71. The monoisotopic (exact) mass is 200 g/mol. The number of nitrogens with two attached hydrogens (primary N) is 1. The molecule has 0 unspecified atom stereocenters. The first-order valence-electron chi connectivity index (χ1n) is 4.71. The highest BCUT2D eigenvalue weighted by molar-refractivity contribution is 5.16. The summed E-state index contributed by atoms with van der Waals surface area (Å²) >= 11 is 0. The maximum atomic E-state index is 5.34. The van der Waals surface area contributed by atoms with Crippen molar-refractivity contribution in [2.45, 2.75) is 13.3 Å². The van der Waals surface area contributed by atoms with E-state index in [2.05, 4.69) is 15.5 Å². The van der Waals surface area contributed by atoms with Gasteiger partial charge in [-0.15, -0.1) is 5.10 Å². The molecule has 6 heteroatoms. The Labute approximate surface area is 82.8 Å². The first kappa shape index (κ1) is 10.9. The molecule has 0 spiro atoms. The Morgan fingerprint density at radius 2 is 2.36 bits per heavy atom. The van der Waals surface area contributed by atoms with Crippen LogP contribution in [-0.4, -0.2) is 36.5 Å². The van der Waals surface area contributed by atoms with Crippen LogP contribution in [0.1, 0.15) is 12.8 Å². The largest absolute Gasteiger partial charge is 0.408 e. The third kappa shape index (κ3) is 3.71. The summed E-state index contributed by atoms with van der Waals surface area (Å²) in [6, 6.07) is 0.424. The molecule has 1 aromatic heterocycles. The Morgan fingerprint density at radius 3 is 3.07 bits per heavy atom. The van der Waals surface area contributed by atoms with Gasteiger partial charge in [0.05, 0.1) is 6.61 Å². The number of nitrogens with one attached hydrogen (secondary N) is 1. The molecular formula is C8H16N4O2. The third-order valence-corrected chi connectivity index (χ3v) is 1.55. The lowest BCUT2D eigenvalue weighted by Gasteiger charge is -2.00. The topological polar surface area (TPSA) is 86.2 Å². The molecule has 14 heavy (non-hydrogen) atoms. The zero-order valence-electron chi connectivity index (χ0n) is 8.32. The van der Waals surface area contributed by atoms with Crippen molar-refractivity contribution in [3.05, 3.63) is 5.89 Å². The molecule has 0 aliphatic carbocycles. The quantitative estimate of drug-likeness (QED) is 0.603. The summed E-state index contributed by atoms with van der Waals surface area (Å²) in [7, 11) is 0. The highest BCUT2D eigenvalue weighted by atomic mass is 16.5. The van der Waals surface area contributed by atoms with Gasteiger partial charge in [0.2, 0.25) is 5.89 Å². The fourth-order valence-electron chi connectivity index (χ4n) is 0.924. The van der Waals surface area contributed by atoms with Crippen molar-refractivity contribution < 1.29 is 9.15 Å². The van der Waals surface area contributed by atoms with E-state index in [0.29, 0.717) is 44.6 Å².